The number of ether oxygens (including phenoxy) is 1. The monoisotopic (exact) mass is 253 g/mol. The molecule has 2 rings (SSSR count). The van der Waals surface area contributed by atoms with Crippen molar-refractivity contribution in [2.75, 3.05) is 11.8 Å². The minimum atomic E-state index is -3.65. The van der Waals surface area contributed by atoms with E-state index in [4.69, 9.17) is 4.74 Å². The number of rotatable bonds is 4. The van der Waals surface area contributed by atoms with E-state index in [1.54, 1.807) is 24.3 Å². The van der Waals surface area contributed by atoms with Gasteiger partial charge < -0.3 is 4.74 Å². The summed E-state index contributed by atoms with van der Waals surface area (Å²) in [5, 5.41) is 5.99. The predicted octanol–water partition coefficient (Wildman–Crippen LogP) is 1.22. The maximum atomic E-state index is 11.9. The zero-order valence-corrected chi connectivity index (χ0v) is 9.86. The van der Waals surface area contributed by atoms with Crippen molar-refractivity contribution >= 4 is 15.7 Å². The summed E-state index contributed by atoms with van der Waals surface area (Å²) in [5.74, 6) is 0.454. The minimum absolute atomic E-state index is 0.00315. The average molecular weight is 253 g/mol. The molecule has 0 fully saturated rings. The Labute approximate surface area is 98.7 Å². The Kier molecular flexibility index (Phi) is 3.01. The minimum Gasteiger partial charge on any atom is -0.495 e. The molecule has 1 aromatic heterocycles. The number of aromatic amines is 1. The van der Waals surface area contributed by atoms with Crippen LogP contribution in [0.15, 0.2) is 41.6 Å². The second-order valence-electron chi connectivity index (χ2n) is 3.23. The summed E-state index contributed by atoms with van der Waals surface area (Å²) < 4.78 is 31.3. The SMILES string of the molecule is COc1ccccc1NS(=O)(=O)c1ccn[nH]1. The number of nitrogens with zero attached hydrogens (tertiary/aromatic N) is 1. The van der Waals surface area contributed by atoms with Crippen LogP contribution in [-0.2, 0) is 10.0 Å². The van der Waals surface area contributed by atoms with Gasteiger partial charge in [-0.3, -0.25) is 9.82 Å². The molecule has 2 aromatic rings. The number of hydrogen-bond donors (Lipinski definition) is 2. The van der Waals surface area contributed by atoms with Gasteiger partial charge in [-0.05, 0) is 18.2 Å². The fourth-order valence-electron chi connectivity index (χ4n) is 1.32. The molecule has 17 heavy (non-hydrogen) atoms. The molecule has 0 aliphatic heterocycles. The average Bonchev–Trinajstić information content (AvgIpc) is 2.83. The first-order valence-electron chi connectivity index (χ1n) is 4.79. The van der Waals surface area contributed by atoms with Crippen molar-refractivity contribution in [3.05, 3.63) is 36.5 Å². The Hall–Kier alpha value is -2.02. The number of benzene rings is 1. The van der Waals surface area contributed by atoms with Crippen molar-refractivity contribution in [1.82, 2.24) is 10.2 Å². The zero-order valence-electron chi connectivity index (χ0n) is 9.04. The van der Waals surface area contributed by atoms with Crippen molar-refractivity contribution in [3.63, 3.8) is 0 Å². The van der Waals surface area contributed by atoms with Gasteiger partial charge in [-0.2, -0.15) is 13.5 Å². The molecule has 0 saturated heterocycles. The third kappa shape index (κ3) is 2.39. The molecule has 7 heteroatoms. The number of para-hydroxylation sites is 2. The van der Waals surface area contributed by atoms with Gasteiger partial charge in [-0.1, -0.05) is 12.1 Å². The van der Waals surface area contributed by atoms with Gasteiger partial charge in [0.25, 0.3) is 10.0 Å². The first-order valence-corrected chi connectivity index (χ1v) is 6.27. The molecule has 0 aliphatic rings. The van der Waals surface area contributed by atoms with Gasteiger partial charge in [0.05, 0.1) is 19.0 Å². The molecule has 0 bridgehead atoms. The van der Waals surface area contributed by atoms with Gasteiger partial charge in [-0.25, -0.2) is 0 Å². The van der Waals surface area contributed by atoms with E-state index in [0.29, 0.717) is 11.4 Å². The van der Waals surface area contributed by atoms with Gasteiger partial charge in [0.1, 0.15) is 5.75 Å². The summed E-state index contributed by atoms with van der Waals surface area (Å²) in [7, 11) is -2.18. The van der Waals surface area contributed by atoms with Gasteiger partial charge >= 0.3 is 0 Å². The Morgan fingerprint density at radius 3 is 2.71 bits per heavy atom. The molecule has 1 aromatic carbocycles. The van der Waals surface area contributed by atoms with E-state index >= 15 is 0 Å². The van der Waals surface area contributed by atoms with Crippen LogP contribution < -0.4 is 9.46 Å². The standard InChI is InChI=1S/C10H11N3O3S/c1-16-9-5-3-2-4-8(9)13-17(14,15)10-6-7-11-12-10/h2-7,13H,1H3,(H,11,12). The lowest BCUT2D eigenvalue weighted by Gasteiger charge is -2.10. The van der Waals surface area contributed by atoms with Crippen molar-refractivity contribution < 1.29 is 13.2 Å². The van der Waals surface area contributed by atoms with Crippen LogP contribution in [-0.4, -0.2) is 25.7 Å². The number of anilines is 1. The molecular weight excluding hydrogens is 242 g/mol. The number of methoxy groups -OCH3 is 1. The lowest BCUT2D eigenvalue weighted by Crippen LogP contribution is -2.14. The van der Waals surface area contributed by atoms with Crippen molar-refractivity contribution in [2.45, 2.75) is 5.03 Å². The maximum absolute atomic E-state index is 11.9. The van der Waals surface area contributed by atoms with Crippen LogP contribution in [0.1, 0.15) is 0 Å². The first kappa shape index (κ1) is 11.5. The van der Waals surface area contributed by atoms with Gasteiger partial charge in [0.15, 0.2) is 5.03 Å². The van der Waals surface area contributed by atoms with E-state index in [9.17, 15) is 8.42 Å². The third-order valence-corrected chi connectivity index (χ3v) is 3.41. The Morgan fingerprint density at radius 2 is 2.06 bits per heavy atom. The lowest BCUT2D eigenvalue weighted by atomic mass is 10.3. The predicted molar refractivity (Wildman–Crippen MR) is 62.4 cm³/mol. The van der Waals surface area contributed by atoms with E-state index < -0.39 is 10.0 Å². The molecule has 0 amide bonds. The highest BCUT2D eigenvalue weighted by Crippen LogP contribution is 2.25. The molecule has 0 radical (unpaired) electrons. The smallest absolute Gasteiger partial charge is 0.278 e. The Morgan fingerprint density at radius 1 is 1.29 bits per heavy atom. The molecule has 0 aliphatic carbocycles. The van der Waals surface area contributed by atoms with E-state index in [1.807, 2.05) is 0 Å². The molecule has 0 spiro atoms. The first-order chi connectivity index (χ1) is 8.13. The Balaban J connectivity index is 2.33. The van der Waals surface area contributed by atoms with Crippen molar-refractivity contribution in [2.24, 2.45) is 0 Å². The molecule has 0 saturated carbocycles. The molecule has 90 valence electrons. The summed E-state index contributed by atoms with van der Waals surface area (Å²) in [6.45, 7) is 0. The van der Waals surface area contributed by atoms with Crippen LogP contribution in [0.25, 0.3) is 0 Å². The number of H-pyrrole nitrogens is 1. The number of aromatic nitrogens is 2. The highest BCUT2D eigenvalue weighted by molar-refractivity contribution is 7.92. The van der Waals surface area contributed by atoms with E-state index in [0.717, 1.165) is 0 Å². The number of nitrogens with one attached hydrogen (secondary N) is 2. The number of hydrogen-bond acceptors (Lipinski definition) is 4. The van der Waals surface area contributed by atoms with Crippen LogP contribution in [0.4, 0.5) is 5.69 Å². The van der Waals surface area contributed by atoms with E-state index in [-0.39, 0.29) is 5.03 Å². The Bertz CT molecular complexity index is 593. The molecule has 0 atom stereocenters. The van der Waals surface area contributed by atoms with Gasteiger partial charge in [0.2, 0.25) is 0 Å². The lowest BCUT2D eigenvalue weighted by molar-refractivity contribution is 0.417. The highest BCUT2D eigenvalue weighted by Gasteiger charge is 2.17. The van der Waals surface area contributed by atoms with Crippen LogP contribution >= 0.6 is 0 Å². The third-order valence-electron chi connectivity index (χ3n) is 2.12. The fraction of sp³-hybridized carbons (Fsp3) is 0.100. The van der Waals surface area contributed by atoms with Crippen LogP contribution in [0.5, 0.6) is 5.75 Å². The van der Waals surface area contributed by atoms with Crippen molar-refractivity contribution in [1.29, 1.82) is 0 Å². The summed E-state index contributed by atoms with van der Waals surface area (Å²) in [6.07, 6.45) is 1.37. The molecule has 0 unspecified atom stereocenters. The highest BCUT2D eigenvalue weighted by atomic mass is 32.2. The topological polar surface area (TPSA) is 84.1 Å². The van der Waals surface area contributed by atoms with Crippen LogP contribution in [0.3, 0.4) is 0 Å². The molecule has 2 N–H and O–H groups in total. The largest absolute Gasteiger partial charge is 0.495 e. The molecule has 1 heterocycles. The number of sulfonamides is 1. The van der Waals surface area contributed by atoms with E-state index in [1.165, 1.54) is 19.4 Å². The molecule has 6 nitrogen and oxygen atoms in total. The zero-order chi connectivity index (χ0) is 12.3. The van der Waals surface area contributed by atoms with Crippen molar-refractivity contribution in [3.8, 4) is 5.75 Å². The second-order valence-corrected chi connectivity index (χ2v) is 4.88. The second kappa shape index (κ2) is 4.46. The summed E-state index contributed by atoms with van der Waals surface area (Å²) >= 11 is 0. The summed E-state index contributed by atoms with van der Waals surface area (Å²) in [6, 6.07) is 8.13. The normalized spacial score (nSPS) is 11.1. The van der Waals surface area contributed by atoms with E-state index in [2.05, 4.69) is 14.9 Å². The summed E-state index contributed by atoms with van der Waals surface area (Å²) in [5.41, 5.74) is 0.379. The summed E-state index contributed by atoms with van der Waals surface area (Å²) in [4.78, 5) is 0. The molecular formula is C10H11N3O3S. The van der Waals surface area contributed by atoms with Gasteiger partial charge in [-0.15, -0.1) is 0 Å². The maximum Gasteiger partial charge on any atom is 0.278 e. The van der Waals surface area contributed by atoms with Crippen LogP contribution in [0.2, 0.25) is 0 Å². The quantitative estimate of drug-likeness (QED) is 0.858. The fourth-order valence-corrected chi connectivity index (χ4v) is 2.30. The van der Waals surface area contributed by atoms with Crippen LogP contribution in [0, 0.1) is 0 Å². The van der Waals surface area contributed by atoms with Gasteiger partial charge in [0, 0.05) is 0 Å².